The average Bonchev–Trinajstić information content (AvgIpc) is 3.67. The highest BCUT2D eigenvalue weighted by molar-refractivity contribution is 7.81. The van der Waals surface area contributed by atoms with Gasteiger partial charge in [-0.3, -0.25) is 0 Å². The highest BCUT2D eigenvalue weighted by Crippen LogP contribution is 2.39. The molecule has 1 saturated heterocycles. The van der Waals surface area contributed by atoms with E-state index in [4.69, 9.17) is 4.74 Å². The number of hydrogen-bond donors (Lipinski definition) is 0. The summed E-state index contributed by atoms with van der Waals surface area (Å²) in [6.45, 7) is 4.56. The van der Waals surface area contributed by atoms with Crippen LogP contribution in [-0.2, 0) is 24.0 Å². The van der Waals surface area contributed by atoms with Crippen LogP contribution in [0.1, 0.15) is 61.3 Å². The first kappa shape index (κ1) is 21.8. The van der Waals surface area contributed by atoms with Crippen LogP contribution in [0, 0.1) is 5.92 Å². The number of fused-ring (bicyclic) bond motifs is 1. The van der Waals surface area contributed by atoms with Gasteiger partial charge in [0.05, 0.1) is 23.3 Å². The molecule has 1 aliphatic carbocycles. The van der Waals surface area contributed by atoms with Gasteiger partial charge in [0.2, 0.25) is 0 Å². The maximum absolute atomic E-state index is 11.7. The fourth-order valence-corrected chi connectivity index (χ4v) is 5.60. The van der Waals surface area contributed by atoms with Crippen LogP contribution in [0.4, 0.5) is 5.82 Å². The monoisotopic (exact) mass is 454 g/mol. The van der Waals surface area contributed by atoms with Gasteiger partial charge in [-0.25, -0.2) is 8.51 Å². The first-order chi connectivity index (χ1) is 15.7. The molecular formula is C25H34N4O2S. The van der Waals surface area contributed by atoms with Crippen molar-refractivity contribution in [3.8, 4) is 5.75 Å². The number of anilines is 1. The third kappa shape index (κ3) is 5.31. The second kappa shape index (κ2) is 9.87. The van der Waals surface area contributed by atoms with Crippen LogP contribution in [0.3, 0.4) is 0 Å². The van der Waals surface area contributed by atoms with Crippen LogP contribution < -0.4 is 9.64 Å². The number of piperidine rings is 1. The summed E-state index contributed by atoms with van der Waals surface area (Å²) in [7, 11) is -0.895. The van der Waals surface area contributed by atoms with E-state index in [2.05, 4.69) is 45.4 Å². The fourth-order valence-electron chi connectivity index (χ4n) is 4.93. The zero-order chi connectivity index (χ0) is 21.9. The van der Waals surface area contributed by atoms with E-state index in [0.717, 1.165) is 63.1 Å². The van der Waals surface area contributed by atoms with Crippen LogP contribution >= 0.6 is 0 Å². The van der Waals surface area contributed by atoms with Crippen LogP contribution in [0.25, 0.3) is 0 Å². The van der Waals surface area contributed by atoms with E-state index in [-0.39, 0.29) is 0 Å². The van der Waals surface area contributed by atoms with Gasteiger partial charge in [-0.05, 0) is 86.3 Å². The lowest BCUT2D eigenvalue weighted by atomic mass is 9.92. The molecule has 1 saturated carbocycles. The third-order valence-electron chi connectivity index (χ3n) is 7.15. The van der Waals surface area contributed by atoms with E-state index >= 15 is 0 Å². The molecule has 0 bridgehead atoms. The first-order valence-corrected chi connectivity index (χ1v) is 13.6. The zero-order valence-electron chi connectivity index (χ0n) is 19.0. The van der Waals surface area contributed by atoms with Gasteiger partial charge in [0.15, 0.2) is 5.82 Å². The number of aromatic nitrogens is 2. The Morgan fingerprint density at radius 2 is 1.88 bits per heavy atom. The molecule has 0 amide bonds. The number of rotatable bonds is 8. The Bertz CT molecular complexity index is 939. The Morgan fingerprint density at radius 3 is 2.59 bits per heavy atom. The van der Waals surface area contributed by atoms with Crippen molar-refractivity contribution in [2.75, 3.05) is 37.4 Å². The van der Waals surface area contributed by atoms with Crippen molar-refractivity contribution in [2.24, 2.45) is 5.92 Å². The summed E-state index contributed by atoms with van der Waals surface area (Å²) in [4.78, 5) is 2.39. The van der Waals surface area contributed by atoms with Crippen molar-refractivity contribution >= 4 is 16.8 Å². The number of nitrogens with zero attached hydrogens (tertiary/aromatic N) is 4. The Morgan fingerprint density at radius 1 is 1.03 bits per heavy atom. The molecule has 1 atom stereocenters. The van der Waals surface area contributed by atoms with Crippen LogP contribution in [0.2, 0.25) is 0 Å². The van der Waals surface area contributed by atoms with E-state index in [1.54, 1.807) is 6.26 Å². The Balaban J connectivity index is 1.02. The van der Waals surface area contributed by atoms with E-state index in [9.17, 15) is 4.21 Å². The molecule has 32 heavy (non-hydrogen) atoms. The van der Waals surface area contributed by atoms with Gasteiger partial charge in [-0.1, -0.05) is 6.07 Å². The molecule has 172 valence electrons. The van der Waals surface area contributed by atoms with Crippen molar-refractivity contribution in [1.29, 1.82) is 0 Å². The summed E-state index contributed by atoms with van der Waals surface area (Å²) >= 11 is 0. The summed E-state index contributed by atoms with van der Waals surface area (Å²) in [6.07, 6.45) is 10.0. The van der Waals surface area contributed by atoms with Crippen molar-refractivity contribution in [2.45, 2.75) is 57.4 Å². The van der Waals surface area contributed by atoms with Gasteiger partial charge in [0, 0.05) is 38.4 Å². The van der Waals surface area contributed by atoms with Gasteiger partial charge in [-0.2, -0.15) is 5.10 Å². The summed E-state index contributed by atoms with van der Waals surface area (Å²) in [5.41, 5.74) is 3.78. The van der Waals surface area contributed by atoms with Gasteiger partial charge in [0.25, 0.3) is 0 Å². The second-order valence-electron chi connectivity index (χ2n) is 9.48. The maximum atomic E-state index is 11.7. The van der Waals surface area contributed by atoms with Crippen molar-refractivity contribution < 1.29 is 8.95 Å². The Kier molecular flexibility index (Phi) is 6.74. The zero-order valence-corrected chi connectivity index (χ0v) is 19.9. The minimum Gasteiger partial charge on any atom is -0.494 e. The largest absolute Gasteiger partial charge is 0.494 e. The predicted molar refractivity (Wildman–Crippen MR) is 128 cm³/mol. The quantitative estimate of drug-likeness (QED) is 0.563. The van der Waals surface area contributed by atoms with Gasteiger partial charge >= 0.3 is 0 Å². The Hall–Kier alpha value is -1.99. The molecule has 1 unspecified atom stereocenters. The minimum absolute atomic E-state index is 0.670. The third-order valence-corrected chi connectivity index (χ3v) is 8.19. The lowest BCUT2D eigenvalue weighted by molar-refractivity contribution is 0.278. The van der Waals surface area contributed by atoms with Crippen molar-refractivity contribution in [3.05, 3.63) is 47.2 Å². The van der Waals surface area contributed by atoms with E-state index < -0.39 is 11.0 Å². The molecule has 2 aliphatic heterocycles. The van der Waals surface area contributed by atoms with Gasteiger partial charge in [0.1, 0.15) is 5.75 Å². The first-order valence-electron chi connectivity index (χ1n) is 12.1. The fraction of sp³-hybridized carbons (Fsp3) is 0.600. The smallest absolute Gasteiger partial charge is 0.151 e. The van der Waals surface area contributed by atoms with Crippen LogP contribution in [0.15, 0.2) is 30.3 Å². The van der Waals surface area contributed by atoms with Crippen LogP contribution in [0.5, 0.6) is 5.75 Å². The lowest BCUT2D eigenvalue weighted by Gasteiger charge is -2.32. The number of benzene rings is 1. The van der Waals surface area contributed by atoms with Crippen molar-refractivity contribution in [3.63, 3.8) is 0 Å². The highest BCUT2D eigenvalue weighted by Gasteiger charge is 2.26. The summed E-state index contributed by atoms with van der Waals surface area (Å²) in [6, 6.07) is 10.7. The van der Waals surface area contributed by atoms with Crippen molar-refractivity contribution in [1.82, 2.24) is 14.5 Å². The van der Waals surface area contributed by atoms with E-state index in [1.807, 2.05) is 4.31 Å². The Labute approximate surface area is 193 Å². The predicted octanol–water partition coefficient (Wildman–Crippen LogP) is 4.08. The second-order valence-corrected chi connectivity index (χ2v) is 10.8. The molecule has 0 radical (unpaired) electrons. The lowest BCUT2D eigenvalue weighted by Crippen LogP contribution is -2.34. The molecule has 7 heteroatoms. The molecule has 2 fully saturated rings. The van der Waals surface area contributed by atoms with E-state index in [0.29, 0.717) is 5.92 Å². The minimum atomic E-state index is -0.895. The molecule has 6 nitrogen and oxygen atoms in total. The van der Waals surface area contributed by atoms with Gasteiger partial charge < -0.3 is 9.64 Å². The number of hydrogen-bond acceptors (Lipinski definition) is 5. The molecule has 5 rings (SSSR count). The standard InChI is InChI=1S/C25H34N4O2S/c1-32(30)29-15-12-21-17-23(7-6-22(21)18-29)31-16-2-3-19-10-13-28(14-11-19)25-9-8-24(26-27-25)20-4-5-20/h6-9,17,19-20H,2-5,10-16,18H2,1H3. The molecular weight excluding hydrogens is 420 g/mol. The average molecular weight is 455 g/mol. The van der Waals surface area contributed by atoms with Crippen LogP contribution in [-0.4, -0.2) is 51.2 Å². The van der Waals surface area contributed by atoms with E-state index in [1.165, 1.54) is 48.9 Å². The highest BCUT2D eigenvalue weighted by atomic mass is 32.2. The number of ether oxygens (including phenoxy) is 1. The molecule has 0 spiro atoms. The normalized spacial score (nSPS) is 20.7. The molecule has 3 heterocycles. The summed E-state index contributed by atoms with van der Waals surface area (Å²) in [5.74, 6) is 3.46. The molecule has 1 aromatic heterocycles. The maximum Gasteiger partial charge on any atom is 0.151 e. The topological polar surface area (TPSA) is 58.6 Å². The molecule has 3 aliphatic rings. The molecule has 2 aromatic rings. The summed E-state index contributed by atoms with van der Waals surface area (Å²) < 4.78 is 19.8. The SMILES string of the molecule is CS(=O)N1CCc2cc(OCCCC3CCN(c4ccc(C5CC5)nn4)CC3)ccc2C1. The molecule has 1 aromatic carbocycles. The summed E-state index contributed by atoms with van der Waals surface area (Å²) in [5, 5.41) is 8.92. The molecule has 0 N–H and O–H groups in total. The van der Waals surface area contributed by atoms with Gasteiger partial charge in [-0.15, -0.1) is 5.10 Å².